The predicted molar refractivity (Wildman–Crippen MR) is 112 cm³/mol. The summed E-state index contributed by atoms with van der Waals surface area (Å²) in [6, 6.07) is 15.9. The van der Waals surface area contributed by atoms with E-state index in [1.807, 2.05) is 48.5 Å². The number of nitrogens with zero attached hydrogens (tertiary/aromatic N) is 1. The van der Waals surface area contributed by atoms with Crippen molar-refractivity contribution in [3.63, 3.8) is 0 Å². The first-order chi connectivity index (χ1) is 13.5. The Labute approximate surface area is 168 Å². The van der Waals surface area contributed by atoms with Gasteiger partial charge in [-0.05, 0) is 29.2 Å². The lowest BCUT2D eigenvalue weighted by molar-refractivity contribution is 0.00677. The van der Waals surface area contributed by atoms with Crippen LogP contribution in [0.3, 0.4) is 0 Å². The normalized spacial score (nSPS) is 12.4. The molecule has 0 heterocycles. The Morgan fingerprint density at radius 2 is 1.61 bits per heavy atom. The van der Waals surface area contributed by atoms with Gasteiger partial charge in [0.25, 0.3) is 0 Å². The van der Waals surface area contributed by atoms with Gasteiger partial charge >= 0.3 is 0 Å². The fourth-order valence-corrected chi connectivity index (χ4v) is 3.20. The lowest BCUT2D eigenvalue weighted by Gasteiger charge is -2.27. The smallest absolute Gasteiger partial charge is 0.161 e. The summed E-state index contributed by atoms with van der Waals surface area (Å²) in [4.78, 5) is 2.25. The highest BCUT2D eigenvalue weighted by atomic mass is 16.5. The van der Waals surface area contributed by atoms with Gasteiger partial charge in [-0.15, -0.1) is 0 Å². The third kappa shape index (κ3) is 7.50. The van der Waals surface area contributed by atoms with Crippen LogP contribution in [0.1, 0.15) is 25.0 Å². The number of aliphatic hydroxyl groups excluding tert-OH is 1. The van der Waals surface area contributed by atoms with Crippen molar-refractivity contribution in [2.45, 2.75) is 33.1 Å². The molecule has 0 saturated heterocycles. The van der Waals surface area contributed by atoms with Gasteiger partial charge in [0.1, 0.15) is 0 Å². The van der Waals surface area contributed by atoms with Crippen molar-refractivity contribution in [3.8, 4) is 11.5 Å². The van der Waals surface area contributed by atoms with Gasteiger partial charge in [0.05, 0.1) is 33.5 Å². The lowest BCUT2D eigenvalue weighted by Crippen LogP contribution is -2.36. The molecule has 5 nitrogen and oxygen atoms in total. The van der Waals surface area contributed by atoms with Crippen molar-refractivity contribution in [2.75, 3.05) is 33.9 Å². The highest BCUT2D eigenvalue weighted by Crippen LogP contribution is 2.28. The first kappa shape index (κ1) is 22.2. The zero-order valence-corrected chi connectivity index (χ0v) is 17.4. The summed E-state index contributed by atoms with van der Waals surface area (Å²) < 4.78 is 16.4. The maximum Gasteiger partial charge on any atom is 0.161 e. The molecule has 1 N–H and O–H groups in total. The van der Waals surface area contributed by atoms with Crippen molar-refractivity contribution in [1.82, 2.24) is 4.90 Å². The van der Waals surface area contributed by atoms with Crippen molar-refractivity contribution in [2.24, 2.45) is 5.92 Å². The van der Waals surface area contributed by atoms with Crippen LogP contribution in [0.4, 0.5) is 0 Å². The molecule has 0 aliphatic heterocycles. The summed E-state index contributed by atoms with van der Waals surface area (Å²) in [5.41, 5.74) is 2.23. The second-order valence-corrected chi connectivity index (χ2v) is 7.43. The molecule has 28 heavy (non-hydrogen) atoms. The van der Waals surface area contributed by atoms with Gasteiger partial charge in [-0.1, -0.05) is 50.2 Å². The monoisotopic (exact) mass is 387 g/mol. The first-order valence-corrected chi connectivity index (χ1v) is 9.74. The number of rotatable bonds is 12. The van der Waals surface area contributed by atoms with Crippen LogP contribution in [0.15, 0.2) is 48.5 Å². The SMILES string of the molecule is COc1ccc(CN(CC(C)C)C[C@@H](O)COCc2ccccc2)cc1OC. The molecule has 2 aromatic rings. The fourth-order valence-electron chi connectivity index (χ4n) is 3.20. The van der Waals surface area contributed by atoms with Crippen LogP contribution in [0.2, 0.25) is 0 Å². The second-order valence-electron chi connectivity index (χ2n) is 7.43. The van der Waals surface area contributed by atoms with Crippen LogP contribution in [-0.4, -0.2) is 50.0 Å². The van der Waals surface area contributed by atoms with Gasteiger partial charge in [0.2, 0.25) is 0 Å². The molecule has 0 amide bonds. The van der Waals surface area contributed by atoms with Gasteiger partial charge in [-0.3, -0.25) is 4.90 Å². The molecule has 0 fully saturated rings. The van der Waals surface area contributed by atoms with E-state index in [2.05, 4.69) is 18.7 Å². The van der Waals surface area contributed by atoms with E-state index in [9.17, 15) is 5.11 Å². The Morgan fingerprint density at radius 1 is 0.893 bits per heavy atom. The zero-order chi connectivity index (χ0) is 20.4. The summed E-state index contributed by atoms with van der Waals surface area (Å²) in [7, 11) is 3.27. The molecular weight excluding hydrogens is 354 g/mol. The Bertz CT molecular complexity index is 690. The third-order valence-corrected chi connectivity index (χ3v) is 4.37. The van der Waals surface area contributed by atoms with Gasteiger partial charge in [0.15, 0.2) is 11.5 Å². The second kappa shape index (κ2) is 11.7. The van der Waals surface area contributed by atoms with Crippen LogP contribution in [-0.2, 0) is 17.9 Å². The van der Waals surface area contributed by atoms with E-state index < -0.39 is 6.10 Å². The van der Waals surface area contributed by atoms with Gasteiger partial charge in [0, 0.05) is 19.6 Å². The lowest BCUT2D eigenvalue weighted by atomic mass is 10.1. The minimum absolute atomic E-state index is 0.315. The molecule has 0 saturated carbocycles. The molecule has 0 unspecified atom stereocenters. The molecule has 0 aromatic heterocycles. The number of hydrogen-bond acceptors (Lipinski definition) is 5. The van der Waals surface area contributed by atoms with Crippen molar-refractivity contribution < 1.29 is 19.3 Å². The van der Waals surface area contributed by atoms with Crippen LogP contribution in [0.5, 0.6) is 11.5 Å². The van der Waals surface area contributed by atoms with Crippen LogP contribution < -0.4 is 9.47 Å². The quantitative estimate of drug-likeness (QED) is 0.601. The number of benzene rings is 2. The summed E-state index contributed by atoms with van der Waals surface area (Å²) in [6.45, 7) is 7.37. The number of aliphatic hydroxyl groups is 1. The molecule has 0 bridgehead atoms. The Morgan fingerprint density at radius 3 is 2.25 bits per heavy atom. The van der Waals surface area contributed by atoms with Crippen LogP contribution in [0, 0.1) is 5.92 Å². The van der Waals surface area contributed by atoms with E-state index in [1.165, 1.54) is 0 Å². The van der Waals surface area contributed by atoms with Crippen LogP contribution >= 0.6 is 0 Å². The highest BCUT2D eigenvalue weighted by molar-refractivity contribution is 5.42. The highest BCUT2D eigenvalue weighted by Gasteiger charge is 2.15. The van der Waals surface area contributed by atoms with Crippen molar-refractivity contribution in [1.29, 1.82) is 0 Å². The van der Waals surface area contributed by atoms with E-state index in [4.69, 9.17) is 14.2 Å². The number of hydrogen-bond donors (Lipinski definition) is 1. The molecule has 0 radical (unpaired) electrons. The number of ether oxygens (including phenoxy) is 3. The van der Waals surface area contributed by atoms with Crippen molar-refractivity contribution >= 4 is 0 Å². The molecule has 0 aliphatic carbocycles. The standard InChI is InChI=1S/C23H33NO4/c1-18(2)13-24(14-20-10-11-22(26-3)23(12-20)27-4)15-21(25)17-28-16-19-8-6-5-7-9-19/h5-12,18,21,25H,13-17H2,1-4H3/t21-/m1/s1. The molecular formula is C23H33NO4. The fraction of sp³-hybridized carbons (Fsp3) is 0.478. The minimum Gasteiger partial charge on any atom is -0.493 e. The molecule has 0 aliphatic rings. The molecule has 2 aromatic carbocycles. The predicted octanol–water partition coefficient (Wildman–Crippen LogP) is 3.74. The van der Waals surface area contributed by atoms with E-state index in [0.29, 0.717) is 25.7 Å². The average molecular weight is 388 g/mol. The van der Waals surface area contributed by atoms with Gasteiger partial charge in [-0.2, -0.15) is 0 Å². The molecule has 0 spiro atoms. The van der Waals surface area contributed by atoms with Crippen LogP contribution in [0.25, 0.3) is 0 Å². The zero-order valence-electron chi connectivity index (χ0n) is 17.4. The minimum atomic E-state index is -0.539. The average Bonchev–Trinajstić information content (AvgIpc) is 2.68. The topological polar surface area (TPSA) is 51.2 Å². The van der Waals surface area contributed by atoms with E-state index in [-0.39, 0.29) is 0 Å². The Balaban J connectivity index is 1.91. The first-order valence-electron chi connectivity index (χ1n) is 9.74. The summed E-state index contributed by atoms with van der Waals surface area (Å²) in [5.74, 6) is 1.94. The molecule has 1 atom stereocenters. The van der Waals surface area contributed by atoms with Gasteiger partial charge in [-0.25, -0.2) is 0 Å². The third-order valence-electron chi connectivity index (χ3n) is 4.37. The number of methoxy groups -OCH3 is 2. The van der Waals surface area contributed by atoms with E-state index in [0.717, 1.165) is 35.7 Å². The van der Waals surface area contributed by atoms with E-state index in [1.54, 1.807) is 14.2 Å². The maximum absolute atomic E-state index is 10.5. The maximum atomic E-state index is 10.5. The Hall–Kier alpha value is -2.08. The summed E-state index contributed by atoms with van der Waals surface area (Å²) in [5, 5.41) is 10.5. The molecule has 5 heteroatoms. The van der Waals surface area contributed by atoms with E-state index >= 15 is 0 Å². The van der Waals surface area contributed by atoms with Gasteiger partial charge < -0.3 is 19.3 Å². The summed E-state index contributed by atoms with van der Waals surface area (Å²) >= 11 is 0. The summed E-state index contributed by atoms with van der Waals surface area (Å²) in [6.07, 6.45) is -0.539. The Kier molecular flexibility index (Phi) is 9.28. The molecule has 154 valence electrons. The largest absolute Gasteiger partial charge is 0.493 e. The molecule has 2 rings (SSSR count). The van der Waals surface area contributed by atoms with Crippen molar-refractivity contribution in [3.05, 3.63) is 59.7 Å².